The summed E-state index contributed by atoms with van der Waals surface area (Å²) in [5.74, 6) is 0.622. The molecule has 110 valence electrons. The minimum atomic E-state index is -0.368. The van der Waals surface area contributed by atoms with Gasteiger partial charge in [-0.2, -0.15) is 0 Å². The molecular formula is C15H18N4O2. The summed E-state index contributed by atoms with van der Waals surface area (Å²) in [4.78, 5) is 17.3. The maximum absolute atomic E-state index is 11.1. The van der Waals surface area contributed by atoms with Crippen molar-refractivity contribution >= 4 is 22.3 Å². The molecule has 1 aliphatic heterocycles. The van der Waals surface area contributed by atoms with E-state index in [2.05, 4.69) is 15.2 Å². The van der Waals surface area contributed by atoms with Crippen molar-refractivity contribution in [2.45, 2.75) is 6.42 Å². The van der Waals surface area contributed by atoms with Gasteiger partial charge in [0.1, 0.15) is 5.52 Å². The third-order valence-corrected chi connectivity index (χ3v) is 4.04. The number of fused-ring (bicyclic) bond motifs is 1. The van der Waals surface area contributed by atoms with E-state index < -0.39 is 0 Å². The van der Waals surface area contributed by atoms with Gasteiger partial charge in [0, 0.05) is 36.4 Å². The van der Waals surface area contributed by atoms with Crippen molar-refractivity contribution in [1.82, 2.24) is 10.3 Å². The SMILES string of the molecule is CNCC1CCN(c2ccnc3c([N+](=O)[O-])cccc23)C1. The Morgan fingerprint density at radius 1 is 1.48 bits per heavy atom. The average molecular weight is 286 g/mol. The molecule has 21 heavy (non-hydrogen) atoms. The van der Waals surface area contributed by atoms with Crippen LogP contribution in [0, 0.1) is 16.0 Å². The smallest absolute Gasteiger partial charge is 0.295 e. The highest BCUT2D eigenvalue weighted by Crippen LogP contribution is 2.33. The zero-order valence-corrected chi connectivity index (χ0v) is 12.0. The zero-order chi connectivity index (χ0) is 14.8. The van der Waals surface area contributed by atoms with E-state index in [9.17, 15) is 10.1 Å². The van der Waals surface area contributed by atoms with Crippen molar-refractivity contribution in [2.75, 3.05) is 31.6 Å². The van der Waals surface area contributed by atoms with Crippen LogP contribution in [0.25, 0.3) is 10.9 Å². The number of hydrogen-bond acceptors (Lipinski definition) is 5. The van der Waals surface area contributed by atoms with Gasteiger partial charge in [-0.15, -0.1) is 0 Å². The third kappa shape index (κ3) is 2.54. The van der Waals surface area contributed by atoms with E-state index in [0.717, 1.165) is 37.1 Å². The number of nitro groups is 1. The number of rotatable bonds is 4. The molecular weight excluding hydrogens is 268 g/mol. The highest BCUT2D eigenvalue weighted by atomic mass is 16.6. The summed E-state index contributed by atoms with van der Waals surface area (Å²) in [6.45, 7) is 2.95. The lowest BCUT2D eigenvalue weighted by molar-refractivity contribution is -0.383. The first kappa shape index (κ1) is 13.8. The Morgan fingerprint density at radius 3 is 3.10 bits per heavy atom. The molecule has 1 unspecified atom stereocenters. The van der Waals surface area contributed by atoms with E-state index in [1.807, 2.05) is 19.2 Å². The molecule has 0 saturated carbocycles. The number of aromatic nitrogens is 1. The number of non-ortho nitro benzene ring substituents is 1. The van der Waals surface area contributed by atoms with Crippen LogP contribution < -0.4 is 10.2 Å². The summed E-state index contributed by atoms with van der Waals surface area (Å²) in [5.41, 5.74) is 1.58. The van der Waals surface area contributed by atoms with E-state index >= 15 is 0 Å². The number of nitrogens with zero attached hydrogens (tertiary/aromatic N) is 3. The van der Waals surface area contributed by atoms with Crippen molar-refractivity contribution in [3.63, 3.8) is 0 Å². The molecule has 0 aliphatic carbocycles. The van der Waals surface area contributed by atoms with Crippen LogP contribution in [0.5, 0.6) is 0 Å². The summed E-state index contributed by atoms with van der Waals surface area (Å²) in [5, 5.41) is 15.2. The third-order valence-electron chi connectivity index (χ3n) is 4.04. The Balaban J connectivity index is 2.00. The maximum Gasteiger partial charge on any atom is 0.295 e. The van der Waals surface area contributed by atoms with Crippen LogP contribution in [0.15, 0.2) is 30.5 Å². The Bertz CT molecular complexity index is 674. The first-order valence-corrected chi connectivity index (χ1v) is 7.12. The van der Waals surface area contributed by atoms with E-state index in [1.165, 1.54) is 6.07 Å². The Morgan fingerprint density at radius 2 is 2.33 bits per heavy atom. The highest BCUT2D eigenvalue weighted by molar-refractivity contribution is 5.96. The van der Waals surface area contributed by atoms with E-state index in [-0.39, 0.29) is 10.6 Å². The number of anilines is 1. The van der Waals surface area contributed by atoms with Gasteiger partial charge >= 0.3 is 0 Å². The van der Waals surface area contributed by atoms with Gasteiger partial charge in [-0.25, -0.2) is 4.98 Å². The number of para-hydroxylation sites is 1. The predicted molar refractivity (Wildman–Crippen MR) is 82.6 cm³/mol. The normalized spacial score (nSPS) is 18.3. The summed E-state index contributed by atoms with van der Waals surface area (Å²) < 4.78 is 0. The second-order valence-corrected chi connectivity index (χ2v) is 5.42. The zero-order valence-electron chi connectivity index (χ0n) is 12.0. The molecule has 1 N–H and O–H groups in total. The van der Waals surface area contributed by atoms with Crippen LogP contribution in [-0.2, 0) is 0 Å². The first-order chi connectivity index (χ1) is 10.2. The quantitative estimate of drug-likeness (QED) is 0.689. The second kappa shape index (κ2) is 5.65. The molecule has 1 atom stereocenters. The van der Waals surface area contributed by atoms with Crippen LogP contribution in [0.1, 0.15) is 6.42 Å². The van der Waals surface area contributed by atoms with Crippen LogP contribution in [0.2, 0.25) is 0 Å². The fourth-order valence-corrected chi connectivity index (χ4v) is 3.08. The van der Waals surface area contributed by atoms with Gasteiger partial charge in [-0.05, 0) is 32.0 Å². The van der Waals surface area contributed by atoms with Crippen LogP contribution in [-0.4, -0.2) is 36.6 Å². The number of pyridine rings is 1. The lowest BCUT2D eigenvalue weighted by Gasteiger charge is -2.20. The van der Waals surface area contributed by atoms with Gasteiger partial charge in [0.25, 0.3) is 5.69 Å². The molecule has 1 aromatic heterocycles. The van der Waals surface area contributed by atoms with Gasteiger partial charge in [0.15, 0.2) is 0 Å². The number of benzene rings is 1. The molecule has 1 saturated heterocycles. The minimum Gasteiger partial charge on any atom is -0.371 e. The van der Waals surface area contributed by atoms with Gasteiger partial charge in [-0.3, -0.25) is 10.1 Å². The minimum absolute atomic E-state index is 0.0697. The largest absolute Gasteiger partial charge is 0.371 e. The molecule has 1 aromatic carbocycles. The number of nitro benzene ring substituents is 1. The van der Waals surface area contributed by atoms with Gasteiger partial charge < -0.3 is 10.2 Å². The van der Waals surface area contributed by atoms with Crippen LogP contribution >= 0.6 is 0 Å². The van der Waals surface area contributed by atoms with Gasteiger partial charge in [0.2, 0.25) is 0 Å². The number of hydrogen-bond donors (Lipinski definition) is 1. The Kier molecular flexibility index (Phi) is 3.70. The van der Waals surface area contributed by atoms with Crippen molar-refractivity contribution in [2.24, 2.45) is 5.92 Å². The first-order valence-electron chi connectivity index (χ1n) is 7.12. The standard InChI is InChI=1S/C15H18N4O2/c1-16-9-11-6-8-18(10-11)13-5-7-17-15-12(13)3-2-4-14(15)19(20)21/h2-5,7,11,16H,6,8-10H2,1H3. The summed E-state index contributed by atoms with van der Waals surface area (Å²) >= 11 is 0. The Labute approximate surface area is 122 Å². The molecule has 6 nitrogen and oxygen atoms in total. The van der Waals surface area contributed by atoms with E-state index in [1.54, 1.807) is 12.3 Å². The van der Waals surface area contributed by atoms with E-state index in [0.29, 0.717) is 11.4 Å². The summed E-state index contributed by atoms with van der Waals surface area (Å²) in [7, 11) is 1.97. The van der Waals surface area contributed by atoms with E-state index in [4.69, 9.17) is 0 Å². The van der Waals surface area contributed by atoms with Crippen LogP contribution in [0.3, 0.4) is 0 Å². The molecule has 2 aromatic rings. The van der Waals surface area contributed by atoms with Gasteiger partial charge in [0.05, 0.1) is 4.92 Å². The molecule has 1 fully saturated rings. The molecule has 0 radical (unpaired) electrons. The topological polar surface area (TPSA) is 71.3 Å². The molecule has 0 spiro atoms. The van der Waals surface area contributed by atoms with Crippen molar-refractivity contribution in [1.29, 1.82) is 0 Å². The van der Waals surface area contributed by atoms with Crippen molar-refractivity contribution in [3.8, 4) is 0 Å². The molecule has 1 aliphatic rings. The van der Waals surface area contributed by atoms with Crippen LogP contribution in [0.4, 0.5) is 11.4 Å². The summed E-state index contributed by atoms with van der Waals surface area (Å²) in [6, 6.07) is 7.10. The fraction of sp³-hybridized carbons (Fsp3) is 0.400. The van der Waals surface area contributed by atoms with Crippen molar-refractivity contribution < 1.29 is 4.92 Å². The van der Waals surface area contributed by atoms with Gasteiger partial charge in [-0.1, -0.05) is 12.1 Å². The van der Waals surface area contributed by atoms with Crippen molar-refractivity contribution in [3.05, 3.63) is 40.6 Å². The average Bonchev–Trinajstić information content (AvgIpc) is 2.94. The monoisotopic (exact) mass is 286 g/mol. The second-order valence-electron chi connectivity index (χ2n) is 5.42. The highest BCUT2D eigenvalue weighted by Gasteiger charge is 2.24. The lowest BCUT2D eigenvalue weighted by Crippen LogP contribution is -2.24. The molecule has 2 heterocycles. The fourth-order valence-electron chi connectivity index (χ4n) is 3.08. The summed E-state index contributed by atoms with van der Waals surface area (Å²) in [6.07, 6.45) is 2.80. The molecule has 0 amide bonds. The molecule has 6 heteroatoms. The lowest BCUT2D eigenvalue weighted by atomic mass is 10.1. The molecule has 3 rings (SSSR count). The molecule has 0 bridgehead atoms. The Hall–Kier alpha value is -2.21. The predicted octanol–water partition coefficient (Wildman–Crippen LogP) is 2.19. The number of nitrogens with one attached hydrogen (secondary N) is 1. The maximum atomic E-state index is 11.1.